The van der Waals surface area contributed by atoms with E-state index in [4.69, 9.17) is 0 Å². The minimum absolute atomic E-state index is 0.0161. The van der Waals surface area contributed by atoms with E-state index >= 15 is 0 Å². The molecule has 0 radical (unpaired) electrons. The topological polar surface area (TPSA) is 41.1 Å². The van der Waals surface area contributed by atoms with Crippen molar-refractivity contribution in [2.45, 2.75) is 29.0 Å². The van der Waals surface area contributed by atoms with Gasteiger partial charge in [-0.2, -0.15) is 0 Å². The van der Waals surface area contributed by atoms with Gasteiger partial charge in [0.1, 0.15) is 11.1 Å². The summed E-state index contributed by atoms with van der Waals surface area (Å²) in [6.45, 7) is 1.87. The number of benzene rings is 2. The second kappa shape index (κ2) is 8.31. The summed E-state index contributed by atoms with van der Waals surface area (Å²) >= 11 is 1.45. The molecular formula is C19H21FN2OS. The van der Waals surface area contributed by atoms with Crippen molar-refractivity contribution >= 4 is 17.7 Å². The van der Waals surface area contributed by atoms with Gasteiger partial charge in [-0.1, -0.05) is 30.3 Å². The molecule has 5 heteroatoms. The minimum Gasteiger partial charge on any atom is -0.352 e. The highest BCUT2D eigenvalue weighted by atomic mass is 32.2. The first-order valence-electron chi connectivity index (χ1n) is 8.20. The molecule has 1 saturated heterocycles. The van der Waals surface area contributed by atoms with Crippen molar-refractivity contribution < 1.29 is 9.18 Å². The first-order chi connectivity index (χ1) is 11.7. The largest absolute Gasteiger partial charge is 0.352 e. The van der Waals surface area contributed by atoms with Crippen molar-refractivity contribution in [2.75, 3.05) is 13.1 Å². The van der Waals surface area contributed by atoms with E-state index in [1.165, 1.54) is 23.9 Å². The molecule has 0 saturated carbocycles. The monoisotopic (exact) mass is 344 g/mol. The van der Waals surface area contributed by atoms with Crippen LogP contribution in [0.4, 0.5) is 4.39 Å². The van der Waals surface area contributed by atoms with Crippen LogP contribution in [-0.4, -0.2) is 25.0 Å². The fourth-order valence-corrected chi connectivity index (χ4v) is 3.83. The van der Waals surface area contributed by atoms with E-state index in [9.17, 15) is 9.18 Å². The van der Waals surface area contributed by atoms with E-state index in [-0.39, 0.29) is 23.0 Å². The highest BCUT2D eigenvalue weighted by Gasteiger charge is 2.25. The normalized spacial score (nSPS) is 16.5. The van der Waals surface area contributed by atoms with Crippen LogP contribution in [0.15, 0.2) is 59.5 Å². The van der Waals surface area contributed by atoms with Crippen molar-refractivity contribution in [3.8, 4) is 0 Å². The molecule has 1 fully saturated rings. The van der Waals surface area contributed by atoms with Crippen LogP contribution < -0.4 is 10.6 Å². The SMILES string of the molecule is O=C(NC1CCNCC1)C(Sc1ccc(F)cc1)c1ccccc1. The zero-order valence-corrected chi connectivity index (χ0v) is 14.2. The molecule has 0 aromatic heterocycles. The van der Waals surface area contributed by atoms with Crippen LogP contribution in [0.1, 0.15) is 23.7 Å². The number of hydrogen-bond acceptors (Lipinski definition) is 3. The number of piperidine rings is 1. The Morgan fingerprint density at radius 1 is 1.08 bits per heavy atom. The summed E-state index contributed by atoms with van der Waals surface area (Å²) in [7, 11) is 0. The summed E-state index contributed by atoms with van der Waals surface area (Å²) in [5.41, 5.74) is 0.957. The molecule has 1 atom stereocenters. The summed E-state index contributed by atoms with van der Waals surface area (Å²) in [4.78, 5) is 13.7. The Balaban J connectivity index is 1.76. The summed E-state index contributed by atoms with van der Waals surface area (Å²) in [6.07, 6.45) is 1.91. The number of hydrogen-bond donors (Lipinski definition) is 2. The summed E-state index contributed by atoms with van der Waals surface area (Å²) in [5, 5.41) is 6.14. The number of rotatable bonds is 5. The summed E-state index contributed by atoms with van der Waals surface area (Å²) in [6, 6.07) is 16.2. The Kier molecular flexibility index (Phi) is 5.88. The molecular weight excluding hydrogens is 323 g/mol. The molecule has 1 aliphatic heterocycles. The zero-order valence-electron chi connectivity index (χ0n) is 13.4. The van der Waals surface area contributed by atoms with E-state index < -0.39 is 0 Å². The second-order valence-corrected chi connectivity index (χ2v) is 7.07. The smallest absolute Gasteiger partial charge is 0.238 e. The Hall–Kier alpha value is -1.85. The van der Waals surface area contributed by atoms with E-state index in [1.807, 2.05) is 30.3 Å². The van der Waals surface area contributed by atoms with E-state index in [1.54, 1.807) is 12.1 Å². The van der Waals surface area contributed by atoms with Crippen molar-refractivity contribution in [1.82, 2.24) is 10.6 Å². The molecule has 2 aromatic carbocycles. The maximum absolute atomic E-state index is 13.1. The van der Waals surface area contributed by atoms with Crippen molar-refractivity contribution in [1.29, 1.82) is 0 Å². The molecule has 0 spiro atoms. The maximum atomic E-state index is 13.1. The lowest BCUT2D eigenvalue weighted by molar-refractivity contribution is -0.121. The van der Waals surface area contributed by atoms with E-state index in [0.717, 1.165) is 36.4 Å². The minimum atomic E-state index is -0.341. The Labute approximate surface area is 146 Å². The molecule has 1 heterocycles. The fourth-order valence-electron chi connectivity index (χ4n) is 2.79. The first kappa shape index (κ1) is 17.0. The van der Waals surface area contributed by atoms with Crippen LogP contribution in [0.25, 0.3) is 0 Å². The predicted octanol–water partition coefficient (Wildman–Crippen LogP) is 3.53. The van der Waals surface area contributed by atoms with Gasteiger partial charge in [-0.05, 0) is 55.8 Å². The van der Waals surface area contributed by atoms with Gasteiger partial charge in [0.05, 0.1) is 0 Å². The number of amides is 1. The van der Waals surface area contributed by atoms with Gasteiger partial charge in [-0.25, -0.2) is 4.39 Å². The van der Waals surface area contributed by atoms with Gasteiger partial charge < -0.3 is 10.6 Å². The molecule has 2 N–H and O–H groups in total. The van der Waals surface area contributed by atoms with Crippen LogP contribution in [0.2, 0.25) is 0 Å². The number of carbonyl (C=O) groups excluding carboxylic acids is 1. The van der Waals surface area contributed by atoms with Crippen molar-refractivity contribution in [3.63, 3.8) is 0 Å². The third-order valence-corrected chi connectivity index (χ3v) is 5.36. The summed E-state index contributed by atoms with van der Waals surface area (Å²) in [5.74, 6) is -0.253. The number of thioether (sulfide) groups is 1. The molecule has 3 rings (SSSR count). The Morgan fingerprint density at radius 2 is 1.75 bits per heavy atom. The average Bonchev–Trinajstić information content (AvgIpc) is 2.63. The molecule has 24 heavy (non-hydrogen) atoms. The lowest BCUT2D eigenvalue weighted by atomic mass is 10.1. The highest BCUT2D eigenvalue weighted by Crippen LogP contribution is 2.35. The third-order valence-electron chi connectivity index (χ3n) is 4.09. The van der Waals surface area contributed by atoms with Crippen LogP contribution in [0.3, 0.4) is 0 Å². The summed E-state index contributed by atoms with van der Waals surface area (Å²) < 4.78 is 13.1. The van der Waals surface area contributed by atoms with Crippen LogP contribution in [0, 0.1) is 5.82 Å². The Morgan fingerprint density at radius 3 is 2.42 bits per heavy atom. The molecule has 0 bridgehead atoms. The van der Waals surface area contributed by atoms with Crippen molar-refractivity contribution in [3.05, 3.63) is 66.0 Å². The third kappa shape index (κ3) is 4.58. The lowest BCUT2D eigenvalue weighted by Gasteiger charge is -2.26. The fraction of sp³-hybridized carbons (Fsp3) is 0.316. The van der Waals surface area contributed by atoms with Crippen LogP contribution in [0.5, 0.6) is 0 Å². The molecule has 126 valence electrons. The van der Waals surface area contributed by atoms with Gasteiger partial charge in [0.15, 0.2) is 0 Å². The van der Waals surface area contributed by atoms with Crippen LogP contribution >= 0.6 is 11.8 Å². The molecule has 1 unspecified atom stereocenters. The highest BCUT2D eigenvalue weighted by molar-refractivity contribution is 8.00. The Bertz CT molecular complexity index is 657. The molecule has 0 aliphatic carbocycles. The number of nitrogens with one attached hydrogen (secondary N) is 2. The van der Waals surface area contributed by atoms with Gasteiger partial charge in [0, 0.05) is 10.9 Å². The standard InChI is InChI=1S/C19H21FN2OS/c20-15-6-8-17(9-7-15)24-18(14-4-2-1-3-5-14)19(23)22-16-10-12-21-13-11-16/h1-9,16,18,21H,10-13H2,(H,22,23). The van der Waals surface area contributed by atoms with Gasteiger partial charge in [-0.15, -0.1) is 11.8 Å². The van der Waals surface area contributed by atoms with Gasteiger partial charge in [0.25, 0.3) is 0 Å². The maximum Gasteiger partial charge on any atom is 0.238 e. The predicted molar refractivity (Wildman–Crippen MR) is 95.5 cm³/mol. The van der Waals surface area contributed by atoms with Gasteiger partial charge in [-0.3, -0.25) is 4.79 Å². The van der Waals surface area contributed by atoms with Crippen LogP contribution in [-0.2, 0) is 4.79 Å². The average molecular weight is 344 g/mol. The molecule has 1 amide bonds. The molecule has 1 aliphatic rings. The number of halogens is 1. The number of carbonyl (C=O) groups is 1. The van der Waals surface area contributed by atoms with E-state index in [0.29, 0.717) is 0 Å². The van der Waals surface area contributed by atoms with Gasteiger partial charge in [0.2, 0.25) is 5.91 Å². The quantitative estimate of drug-likeness (QED) is 0.816. The second-order valence-electron chi connectivity index (χ2n) is 5.90. The van der Waals surface area contributed by atoms with Gasteiger partial charge >= 0.3 is 0 Å². The lowest BCUT2D eigenvalue weighted by Crippen LogP contribution is -2.44. The zero-order chi connectivity index (χ0) is 16.8. The first-order valence-corrected chi connectivity index (χ1v) is 9.08. The molecule has 3 nitrogen and oxygen atoms in total. The van der Waals surface area contributed by atoms with Crippen molar-refractivity contribution in [2.24, 2.45) is 0 Å². The molecule has 2 aromatic rings. The van der Waals surface area contributed by atoms with E-state index in [2.05, 4.69) is 10.6 Å².